The van der Waals surface area contributed by atoms with Gasteiger partial charge in [0.05, 0.1) is 34.4 Å². The highest BCUT2D eigenvalue weighted by atomic mass is 79.9. The SMILES string of the molecule is O=c1oc2ccc(Br)cc2cc1-c1csc(N/N=C/c2cn[nH]c2-c2ccc(Cl)cc2Cl)n1. The smallest absolute Gasteiger partial charge is 0.345 e. The molecule has 2 aromatic carbocycles. The molecule has 0 atom stereocenters. The first-order valence-electron chi connectivity index (χ1n) is 9.45. The van der Waals surface area contributed by atoms with Crippen molar-refractivity contribution in [3.05, 3.63) is 84.5 Å². The molecule has 2 N–H and O–H groups in total. The third-order valence-electron chi connectivity index (χ3n) is 4.71. The van der Waals surface area contributed by atoms with Crippen molar-refractivity contribution >= 4 is 72.8 Å². The highest BCUT2D eigenvalue weighted by molar-refractivity contribution is 9.10. The lowest BCUT2D eigenvalue weighted by atomic mass is 10.1. The monoisotopic (exact) mass is 559 g/mol. The Morgan fingerprint density at radius 2 is 2.03 bits per heavy atom. The number of hydrogen-bond donors (Lipinski definition) is 2. The minimum Gasteiger partial charge on any atom is -0.422 e. The summed E-state index contributed by atoms with van der Waals surface area (Å²) in [5.74, 6) is 0. The van der Waals surface area contributed by atoms with Crippen molar-refractivity contribution < 1.29 is 4.42 Å². The summed E-state index contributed by atoms with van der Waals surface area (Å²) in [5.41, 5.74) is 6.02. The Balaban J connectivity index is 1.37. The van der Waals surface area contributed by atoms with Crippen LogP contribution in [0.15, 0.2) is 72.8 Å². The molecular weight excluding hydrogens is 549 g/mol. The first kappa shape index (κ1) is 21.8. The number of aromatic amines is 1. The summed E-state index contributed by atoms with van der Waals surface area (Å²) in [4.78, 5) is 16.9. The molecule has 0 aliphatic heterocycles. The number of halogens is 3. The van der Waals surface area contributed by atoms with Crippen LogP contribution in [0.5, 0.6) is 0 Å². The van der Waals surface area contributed by atoms with Gasteiger partial charge in [0, 0.05) is 31.4 Å². The van der Waals surface area contributed by atoms with Crippen LogP contribution in [0.25, 0.3) is 33.5 Å². The molecule has 0 aliphatic rings. The average Bonchev–Trinajstić information content (AvgIpc) is 3.44. The van der Waals surface area contributed by atoms with Crippen molar-refractivity contribution in [2.24, 2.45) is 5.10 Å². The maximum Gasteiger partial charge on any atom is 0.345 e. The Hall–Kier alpha value is -2.98. The molecule has 3 heterocycles. The van der Waals surface area contributed by atoms with E-state index in [2.05, 4.69) is 41.6 Å². The molecule has 0 fully saturated rings. The fraction of sp³-hybridized carbons (Fsp3) is 0. The van der Waals surface area contributed by atoms with Crippen LogP contribution in [0.2, 0.25) is 10.0 Å². The molecular formula is C22H12BrCl2N5O2S. The van der Waals surface area contributed by atoms with Gasteiger partial charge in [-0.15, -0.1) is 11.3 Å². The summed E-state index contributed by atoms with van der Waals surface area (Å²) in [7, 11) is 0. The summed E-state index contributed by atoms with van der Waals surface area (Å²) >= 11 is 17.0. The Kier molecular flexibility index (Phi) is 6.03. The van der Waals surface area contributed by atoms with Crippen molar-refractivity contribution in [2.45, 2.75) is 0 Å². The number of hydrogen-bond acceptors (Lipinski definition) is 7. The maximum atomic E-state index is 12.4. The molecule has 0 radical (unpaired) electrons. The number of nitrogens with one attached hydrogen (secondary N) is 2. The molecule has 5 rings (SSSR count). The largest absolute Gasteiger partial charge is 0.422 e. The standard InChI is InChI=1S/C22H12BrCl2N5O2S/c23-13-1-4-19-11(5-13)6-16(21(31)32-19)18-10-33-22(28-18)30-27-9-12-8-26-29-20(12)15-3-2-14(24)7-17(15)25/h1-10H,(H,26,29)(H,28,30)/b27-9+. The van der Waals surface area contributed by atoms with Crippen LogP contribution in [0.3, 0.4) is 0 Å². The summed E-state index contributed by atoms with van der Waals surface area (Å²) in [5, 5.41) is 15.4. The highest BCUT2D eigenvalue weighted by Crippen LogP contribution is 2.31. The number of nitrogens with zero attached hydrogens (tertiary/aromatic N) is 3. The second-order valence-electron chi connectivity index (χ2n) is 6.86. The fourth-order valence-corrected chi connectivity index (χ4v) is 4.72. The number of fused-ring (bicyclic) bond motifs is 1. The van der Waals surface area contributed by atoms with Gasteiger partial charge in [0.15, 0.2) is 0 Å². The zero-order valence-corrected chi connectivity index (χ0v) is 20.4. The third-order valence-corrected chi connectivity index (χ3v) is 6.50. The summed E-state index contributed by atoms with van der Waals surface area (Å²) in [6.07, 6.45) is 3.24. The molecule has 0 bridgehead atoms. The van der Waals surface area contributed by atoms with Crippen LogP contribution in [-0.2, 0) is 0 Å². The van der Waals surface area contributed by atoms with Crippen molar-refractivity contribution in [1.82, 2.24) is 15.2 Å². The van der Waals surface area contributed by atoms with E-state index in [0.717, 1.165) is 21.0 Å². The van der Waals surface area contributed by atoms with Crippen molar-refractivity contribution in [2.75, 3.05) is 5.43 Å². The van der Waals surface area contributed by atoms with E-state index in [1.54, 1.807) is 42.1 Å². The van der Waals surface area contributed by atoms with E-state index in [0.29, 0.717) is 37.7 Å². The molecule has 0 amide bonds. The minimum atomic E-state index is -0.451. The molecule has 5 aromatic rings. The molecule has 0 saturated carbocycles. The number of aromatic nitrogens is 3. The van der Waals surface area contributed by atoms with Crippen LogP contribution in [0, 0.1) is 0 Å². The average molecular weight is 561 g/mol. The van der Waals surface area contributed by atoms with Gasteiger partial charge < -0.3 is 4.42 Å². The lowest BCUT2D eigenvalue weighted by Gasteiger charge is -2.03. The molecule has 7 nitrogen and oxygen atoms in total. The van der Waals surface area contributed by atoms with Crippen LogP contribution >= 0.6 is 50.5 Å². The van der Waals surface area contributed by atoms with E-state index in [-0.39, 0.29) is 0 Å². The number of rotatable bonds is 5. The Bertz CT molecular complexity index is 1580. The molecule has 0 saturated heterocycles. The first-order valence-corrected chi connectivity index (χ1v) is 11.9. The van der Waals surface area contributed by atoms with Gasteiger partial charge in [-0.3, -0.25) is 10.5 Å². The fourth-order valence-electron chi connectivity index (χ4n) is 3.18. The second-order valence-corrected chi connectivity index (χ2v) is 9.48. The van der Waals surface area contributed by atoms with Gasteiger partial charge in [0.25, 0.3) is 0 Å². The first-order chi connectivity index (χ1) is 16.0. The van der Waals surface area contributed by atoms with Crippen LogP contribution in [0.4, 0.5) is 5.13 Å². The summed E-state index contributed by atoms with van der Waals surface area (Å²) in [6, 6.07) is 12.4. The minimum absolute atomic E-state index is 0.378. The van der Waals surface area contributed by atoms with Gasteiger partial charge in [0.2, 0.25) is 5.13 Å². The number of thiazole rings is 1. The number of benzene rings is 2. The molecule has 0 aliphatic carbocycles. The lowest BCUT2D eigenvalue weighted by molar-refractivity contribution is 0.563. The van der Waals surface area contributed by atoms with E-state index in [1.165, 1.54) is 11.3 Å². The van der Waals surface area contributed by atoms with Gasteiger partial charge >= 0.3 is 5.63 Å². The van der Waals surface area contributed by atoms with E-state index in [9.17, 15) is 4.79 Å². The Morgan fingerprint density at radius 3 is 2.88 bits per heavy atom. The van der Waals surface area contributed by atoms with Crippen LogP contribution in [-0.4, -0.2) is 21.4 Å². The van der Waals surface area contributed by atoms with Crippen molar-refractivity contribution in [3.8, 4) is 22.5 Å². The topological polar surface area (TPSA) is 96.2 Å². The Morgan fingerprint density at radius 1 is 1.15 bits per heavy atom. The van der Waals surface area contributed by atoms with Crippen molar-refractivity contribution in [1.29, 1.82) is 0 Å². The van der Waals surface area contributed by atoms with Gasteiger partial charge in [-0.2, -0.15) is 10.2 Å². The predicted octanol–water partition coefficient (Wildman–Crippen LogP) is 6.82. The van der Waals surface area contributed by atoms with E-state index < -0.39 is 5.63 Å². The van der Waals surface area contributed by atoms with Crippen molar-refractivity contribution in [3.63, 3.8) is 0 Å². The Labute approximate surface area is 209 Å². The van der Waals surface area contributed by atoms with Crippen LogP contribution < -0.4 is 11.1 Å². The van der Waals surface area contributed by atoms with Crippen LogP contribution in [0.1, 0.15) is 5.56 Å². The maximum absolute atomic E-state index is 12.4. The zero-order valence-electron chi connectivity index (χ0n) is 16.5. The van der Waals surface area contributed by atoms with Gasteiger partial charge in [-0.05, 0) is 42.5 Å². The van der Waals surface area contributed by atoms with E-state index in [4.69, 9.17) is 27.6 Å². The lowest BCUT2D eigenvalue weighted by Crippen LogP contribution is -2.03. The molecule has 0 spiro atoms. The van der Waals surface area contributed by atoms with E-state index >= 15 is 0 Å². The molecule has 3 aromatic heterocycles. The van der Waals surface area contributed by atoms with Gasteiger partial charge in [0.1, 0.15) is 5.58 Å². The number of hydrazone groups is 1. The molecule has 164 valence electrons. The second kappa shape index (κ2) is 9.11. The van der Waals surface area contributed by atoms with Gasteiger partial charge in [-0.25, -0.2) is 9.78 Å². The molecule has 0 unspecified atom stereocenters. The molecule has 33 heavy (non-hydrogen) atoms. The number of anilines is 1. The normalized spacial score (nSPS) is 11.5. The number of H-pyrrole nitrogens is 1. The zero-order chi connectivity index (χ0) is 22.9. The summed E-state index contributed by atoms with van der Waals surface area (Å²) < 4.78 is 6.31. The van der Waals surface area contributed by atoms with Gasteiger partial charge in [-0.1, -0.05) is 39.1 Å². The predicted molar refractivity (Wildman–Crippen MR) is 137 cm³/mol. The quantitative estimate of drug-likeness (QED) is 0.140. The third kappa shape index (κ3) is 4.58. The highest BCUT2D eigenvalue weighted by Gasteiger charge is 2.13. The van der Waals surface area contributed by atoms with E-state index in [1.807, 2.05) is 18.2 Å². The molecule has 11 heteroatoms. The summed E-state index contributed by atoms with van der Waals surface area (Å²) in [6.45, 7) is 0.